The van der Waals surface area contributed by atoms with Crippen molar-refractivity contribution in [3.05, 3.63) is 48.4 Å². The summed E-state index contributed by atoms with van der Waals surface area (Å²) in [5, 5.41) is 2.66. The Morgan fingerprint density at radius 1 is 1.14 bits per heavy atom. The lowest BCUT2D eigenvalue weighted by Crippen LogP contribution is -2.49. The number of nitrogens with one attached hydrogen (secondary N) is 1. The van der Waals surface area contributed by atoms with Crippen molar-refractivity contribution in [1.82, 2.24) is 9.62 Å². The third-order valence-electron chi connectivity index (χ3n) is 4.68. The molecule has 1 aliphatic rings. The Labute approximate surface area is 165 Å². The second-order valence-electron chi connectivity index (χ2n) is 6.49. The molecule has 1 amide bonds. The van der Waals surface area contributed by atoms with Crippen LogP contribution in [0.5, 0.6) is 5.75 Å². The van der Waals surface area contributed by atoms with Crippen molar-refractivity contribution < 1.29 is 22.4 Å². The largest absolute Gasteiger partial charge is 0.497 e. The van der Waals surface area contributed by atoms with E-state index in [0.717, 1.165) is 11.4 Å². The standard InChI is InChI=1S/C19H25N3O5S/c1-26-17-7-5-16(6-8-17)21-10-12-22(13-11-21)28(24,25)15-3-9-20-19(23)18-4-2-14-27-18/h2,4-8,14H,3,9-13,15H2,1H3,(H,20,23). The first-order valence-electron chi connectivity index (χ1n) is 9.18. The fourth-order valence-electron chi connectivity index (χ4n) is 3.10. The average molecular weight is 407 g/mol. The highest BCUT2D eigenvalue weighted by atomic mass is 32.2. The molecule has 0 unspecified atom stereocenters. The highest BCUT2D eigenvalue weighted by Gasteiger charge is 2.26. The molecule has 0 radical (unpaired) electrons. The number of amides is 1. The van der Waals surface area contributed by atoms with Crippen molar-refractivity contribution in [3.63, 3.8) is 0 Å². The van der Waals surface area contributed by atoms with Crippen LogP contribution in [0, 0.1) is 0 Å². The summed E-state index contributed by atoms with van der Waals surface area (Å²) in [4.78, 5) is 13.9. The maximum absolute atomic E-state index is 12.5. The first-order valence-corrected chi connectivity index (χ1v) is 10.8. The minimum absolute atomic E-state index is 0.00791. The van der Waals surface area contributed by atoms with Crippen molar-refractivity contribution in [2.45, 2.75) is 6.42 Å². The average Bonchev–Trinajstić information content (AvgIpc) is 3.26. The third kappa shape index (κ3) is 5.05. The normalized spacial score (nSPS) is 15.4. The summed E-state index contributed by atoms with van der Waals surface area (Å²) in [6.45, 7) is 2.46. The van der Waals surface area contributed by atoms with Gasteiger partial charge in [0.25, 0.3) is 5.91 Å². The lowest BCUT2D eigenvalue weighted by molar-refractivity contribution is 0.0926. The van der Waals surface area contributed by atoms with Crippen molar-refractivity contribution in [3.8, 4) is 5.75 Å². The van der Waals surface area contributed by atoms with Gasteiger partial charge in [-0.1, -0.05) is 0 Å². The summed E-state index contributed by atoms with van der Waals surface area (Å²) >= 11 is 0. The molecule has 3 rings (SSSR count). The number of rotatable bonds is 8. The molecule has 28 heavy (non-hydrogen) atoms. The highest BCUT2D eigenvalue weighted by molar-refractivity contribution is 7.89. The molecule has 0 saturated carbocycles. The van der Waals surface area contributed by atoms with Crippen LogP contribution in [0.3, 0.4) is 0 Å². The molecule has 8 nitrogen and oxygen atoms in total. The zero-order chi connectivity index (χ0) is 20.0. The molecule has 1 aliphatic heterocycles. The number of hydrogen-bond donors (Lipinski definition) is 1. The Morgan fingerprint density at radius 2 is 1.86 bits per heavy atom. The Hall–Kier alpha value is -2.52. The van der Waals surface area contributed by atoms with Crippen LogP contribution >= 0.6 is 0 Å². The summed E-state index contributed by atoms with van der Waals surface area (Å²) in [6.07, 6.45) is 1.78. The monoisotopic (exact) mass is 407 g/mol. The van der Waals surface area contributed by atoms with Gasteiger partial charge in [-0.15, -0.1) is 0 Å². The van der Waals surface area contributed by atoms with E-state index in [0.29, 0.717) is 32.6 Å². The number of anilines is 1. The first kappa shape index (κ1) is 20.2. The van der Waals surface area contributed by atoms with Crippen LogP contribution in [0.2, 0.25) is 0 Å². The van der Waals surface area contributed by atoms with Crippen LogP contribution in [-0.2, 0) is 10.0 Å². The molecular weight excluding hydrogens is 382 g/mol. The van der Waals surface area contributed by atoms with Crippen LogP contribution in [0.25, 0.3) is 0 Å². The van der Waals surface area contributed by atoms with Gasteiger partial charge < -0.3 is 19.4 Å². The second kappa shape index (κ2) is 9.11. The number of hydrogen-bond acceptors (Lipinski definition) is 6. The molecule has 1 aromatic heterocycles. The number of carbonyl (C=O) groups is 1. The van der Waals surface area contributed by atoms with Gasteiger partial charge in [0, 0.05) is 38.4 Å². The van der Waals surface area contributed by atoms with Crippen molar-refractivity contribution in [1.29, 1.82) is 0 Å². The summed E-state index contributed by atoms with van der Waals surface area (Å²) < 4.78 is 36.8. The van der Waals surface area contributed by atoms with Crippen LogP contribution in [0.4, 0.5) is 5.69 Å². The number of furan rings is 1. The summed E-state index contributed by atoms with van der Waals surface area (Å²) in [6, 6.07) is 10.9. The number of sulfonamides is 1. The van der Waals surface area contributed by atoms with Gasteiger partial charge in [0.15, 0.2) is 5.76 Å². The minimum Gasteiger partial charge on any atom is -0.497 e. The Bertz CT molecular complexity index is 857. The maximum Gasteiger partial charge on any atom is 0.286 e. The minimum atomic E-state index is -3.34. The fraction of sp³-hybridized carbons (Fsp3) is 0.421. The topological polar surface area (TPSA) is 92.1 Å². The molecule has 2 heterocycles. The Morgan fingerprint density at radius 3 is 2.46 bits per heavy atom. The SMILES string of the molecule is COc1ccc(N2CCN(S(=O)(=O)CCCNC(=O)c3ccco3)CC2)cc1. The van der Waals surface area contributed by atoms with E-state index in [4.69, 9.17) is 9.15 Å². The maximum atomic E-state index is 12.5. The van der Waals surface area contributed by atoms with Gasteiger partial charge >= 0.3 is 0 Å². The predicted molar refractivity (Wildman–Crippen MR) is 106 cm³/mol. The summed E-state index contributed by atoms with van der Waals surface area (Å²) in [5.74, 6) is 0.686. The fourth-order valence-corrected chi connectivity index (χ4v) is 4.58. The van der Waals surface area contributed by atoms with Gasteiger partial charge in [-0.2, -0.15) is 4.31 Å². The number of carbonyl (C=O) groups excluding carboxylic acids is 1. The number of nitrogens with zero attached hydrogens (tertiary/aromatic N) is 2. The molecule has 9 heteroatoms. The van der Waals surface area contributed by atoms with Crippen LogP contribution in [0.1, 0.15) is 17.0 Å². The van der Waals surface area contributed by atoms with E-state index in [9.17, 15) is 13.2 Å². The number of methoxy groups -OCH3 is 1. The lowest BCUT2D eigenvalue weighted by Gasteiger charge is -2.35. The van der Waals surface area contributed by atoms with Crippen LogP contribution in [-0.4, -0.2) is 64.2 Å². The molecule has 0 atom stereocenters. The van der Waals surface area contributed by atoms with E-state index in [1.54, 1.807) is 19.2 Å². The number of benzene rings is 1. The van der Waals surface area contributed by atoms with Gasteiger partial charge in [-0.3, -0.25) is 4.79 Å². The Balaban J connectivity index is 1.43. The van der Waals surface area contributed by atoms with E-state index in [1.807, 2.05) is 24.3 Å². The van der Waals surface area contributed by atoms with E-state index in [1.165, 1.54) is 10.6 Å². The van der Waals surface area contributed by atoms with Gasteiger partial charge in [-0.05, 0) is 42.8 Å². The molecule has 152 valence electrons. The smallest absolute Gasteiger partial charge is 0.286 e. The van der Waals surface area contributed by atoms with Crippen molar-refractivity contribution in [2.24, 2.45) is 0 Å². The van der Waals surface area contributed by atoms with E-state index in [2.05, 4.69) is 10.2 Å². The molecule has 2 aromatic rings. The van der Waals surface area contributed by atoms with E-state index < -0.39 is 10.0 Å². The van der Waals surface area contributed by atoms with E-state index >= 15 is 0 Å². The van der Waals surface area contributed by atoms with Gasteiger partial charge in [0.2, 0.25) is 10.0 Å². The van der Waals surface area contributed by atoms with Crippen LogP contribution in [0.15, 0.2) is 47.1 Å². The molecule has 1 fully saturated rings. The molecule has 1 aromatic carbocycles. The zero-order valence-corrected chi connectivity index (χ0v) is 16.7. The van der Waals surface area contributed by atoms with Gasteiger partial charge in [0.1, 0.15) is 5.75 Å². The number of ether oxygens (including phenoxy) is 1. The van der Waals surface area contributed by atoms with E-state index in [-0.39, 0.29) is 24.0 Å². The quantitative estimate of drug-likeness (QED) is 0.668. The molecule has 1 N–H and O–H groups in total. The molecular formula is C19H25N3O5S. The summed E-state index contributed by atoms with van der Waals surface area (Å²) in [7, 11) is -1.71. The highest BCUT2D eigenvalue weighted by Crippen LogP contribution is 2.21. The van der Waals surface area contributed by atoms with Crippen LogP contribution < -0.4 is 15.0 Å². The molecule has 0 bridgehead atoms. The molecule has 0 spiro atoms. The second-order valence-corrected chi connectivity index (χ2v) is 8.58. The van der Waals surface area contributed by atoms with Gasteiger partial charge in [-0.25, -0.2) is 8.42 Å². The summed E-state index contributed by atoms with van der Waals surface area (Å²) in [5.41, 5.74) is 1.05. The van der Waals surface area contributed by atoms with Gasteiger partial charge in [0.05, 0.1) is 19.1 Å². The third-order valence-corrected chi connectivity index (χ3v) is 6.64. The van der Waals surface area contributed by atoms with Crippen molar-refractivity contribution >= 4 is 21.6 Å². The number of piperazine rings is 1. The molecule has 0 aliphatic carbocycles. The Kier molecular flexibility index (Phi) is 6.58. The molecule has 1 saturated heterocycles. The lowest BCUT2D eigenvalue weighted by atomic mass is 10.2. The first-order chi connectivity index (χ1) is 13.5. The van der Waals surface area contributed by atoms with Crippen molar-refractivity contribution in [2.75, 3.05) is 50.5 Å². The predicted octanol–water partition coefficient (Wildman–Crippen LogP) is 1.56. The zero-order valence-electron chi connectivity index (χ0n) is 15.8.